The van der Waals surface area contributed by atoms with Crippen molar-refractivity contribution in [3.63, 3.8) is 0 Å². The van der Waals surface area contributed by atoms with Crippen molar-refractivity contribution in [3.05, 3.63) is 76.1 Å². The van der Waals surface area contributed by atoms with Crippen molar-refractivity contribution in [2.45, 2.75) is 0 Å². The van der Waals surface area contributed by atoms with Crippen molar-refractivity contribution < 1.29 is 4.79 Å². The Morgan fingerprint density at radius 2 is 1.95 bits per heavy atom. The lowest BCUT2D eigenvalue weighted by Crippen LogP contribution is -2.14. The van der Waals surface area contributed by atoms with Gasteiger partial charge in [-0.2, -0.15) is 5.10 Å². The number of benzene rings is 2. The van der Waals surface area contributed by atoms with E-state index in [4.69, 9.17) is 0 Å². The third-order valence-electron chi connectivity index (χ3n) is 2.99. The van der Waals surface area contributed by atoms with Crippen molar-refractivity contribution >= 4 is 34.2 Å². The summed E-state index contributed by atoms with van der Waals surface area (Å²) in [5.41, 5.74) is 2.20. The lowest BCUT2D eigenvalue weighted by molar-refractivity contribution is 0.102. The van der Waals surface area contributed by atoms with Crippen LogP contribution in [0.2, 0.25) is 0 Å². The van der Waals surface area contributed by atoms with E-state index in [1.807, 2.05) is 54.7 Å². The maximum atomic E-state index is 12.3. The van der Waals surface area contributed by atoms with Crippen LogP contribution in [-0.2, 0) is 0 Å². The normalized spacial score (nSPS) is 10.3. The highest BCUT2D eigenvalue weighted by Crippen LogP contribution is 2.20. The number of para-hydroxylation sites is 2. The number of rotatable bonds is 3. The van der Waals surface area contributed by atoms with Gasteiger partial charge in [0.05, 0.1) is 11.4 Å². The van der Waals surface area contributed by atoms with Crippen LogP contribution < -0.4 is 5.32 Å². The predicted molar refractivity (Wildman–Crippen MR) is 90.7 cm³/mol. The largest absolute Gasteiger partial charge is 0.320 e. The number of nitrogens with zero attached hydrogens (tertiary/aromatic N) is 2. The number of carbonyl (C=O) groups excluding carboxylic acids is 1. The van der Waals surface area contributed by atoms with E-state index in [9.17, 15) is 4.79 Å². The lowest BCUT2D eigenvalue weighted by Gasteiger charge is -2.11. The first-order valence-corrected chi connectivity index (χ1v) is 7.48. The van der Waals surface area contributed by atoms with Gasteiger partial charge in [0.2, 0.25) is 0 Å². The average Bonchev–Trinajstić information content (AvgIpc) is 3.02. The number of hydrogen-bond acceptors (Lipinski definition) is 2. The third-order valence-corrected chi connectivity index (χ3v) is 3.66. The molecule has 4 nitrogen and oxygen atoms in total. The summed E-state index contributed by atoms with van der Waals surface area (Å²) in [5, 5.41) is 7.14. The molecule has 0 radical (unpaired) electrons. The van der Waals surface area contributed by atoms with Crippen LogP contribution in [0.4, 0.5) is 5.69 Å². The summed E-state index contributed by atoms with van der Waals surface area (Å²) in [4.78, 5) is 12.3. The molecule has 0 aliphatic heterocycles. The Balaban J connectivity index is 1.90. The number of carbonyl (C=O) groups is 1. The maximum Gasteiger partial charge on any atom is 0.255 e. The first-order chi connectivity index (χ1) is 10.2. The number of anilines is 1. The van der Waals surface area contributed by atoms with E-state index in [1.165, 1.54) is 0 Å². The Morgan fingerprint density at radius 3 is 2.71 bits per heavy atom. The summed E-state index contributed by atoms with van der Waals surface area (Å²) in [6.07, 6.45) is 3.55. The molecule has 0 spiro atoms. The lowest BCUT2D eigenvalue weighted by atomic mass is 10.2. The molecule has 3 rings (SSSR count). The molecule has 0 saturated carbocycles. The van der Waals surface area contributed by atoms with Crippen LogP contribution in [-0.4, -0.2) is 15.7 Å². The van der Waals surface area contributed by atoms with Gasteiger partial charge in [0.25, 0.3) is 5.91 Å². The fourth-order valence-electron chi connectivity index (χ4n) is 2.01. The molecule has 2 aromatic carbocycles. The Bertz CT molecular complexity index is 769. The van der Waals surface area contributed by atoms with Gasteiger partial charge in [-0.15, -0.1) is 0 Å². The Morgan fingerprint density at radius 1 is 1.10 bits per heavy atom. The van der Waals surface area contributed by atoms with E-state index >= 15 is 0 Å². The van der Waals surface area contributed by atoms with Crippen LogP contribution in [0.5, 0.6) is 0 Å². The molecule has 0 saturated heterocycles. The summed E-state index contributed by atoms with van der Waals surface area (Å²) < 4.78 is 2.75. The zero-order valence-electron chi connectivity index (χ0n) is 11.0. The van der Waals surface area contributed by atoms with E-state index in [1.54, 1.807) is 16.9 Å². The second-order valence-electron chi connectivity index (χ2n) is 4.43. The number of aromatic nitrogens is 2. The molecular weight excluding hydrogens is 377 g/mol. The summed E-state index contributed by atoms with van der Waals surface area (Å²) in [6.45, 7) is 0. The number of amides is 1. The summed E-state index contributed by atoms with van der Waals surface area (Å²) >= 11 is 2.19. The highest BCUT2D eigenvalue weighted by molar-refractivity contribution is 14.1. The Hall–Kier alpha value is -2.15. The number of nitrogens with one attached hydrogen (secondary N) is 1. The molecule has 1 amide bonds. The molecule has 21 heavy (non-hydrogen) atoms. The van der Waals surface area contributed by atoms with Crippen molar-refractivity contribution in [1.29, 1.82) is 0 Å². The standard InChI is InChI=1S/C16H12IN3O/c17-13-6-3-5-12(11-13)16(21)19-14-7-1-2-8-15(14)20-10-4-9-18-20/h1-11H,(H,19,21). The van der Waals surface area contributed by atoms with E-state index in [0.717, 1.165) is 14.9 Å². The molecule has 1 heterocycles. The predicted octanol–water partition coefficient (Wildman–Crippen LogP) is 3.73. The minimum absolute atomic E-state index is 0.131. The van der Waals surface area contributed by atoms with Crippen LogP contribution in [0.3, 0.4) is 0 Å². The summed E-state index contributed by atoms with van der Waals surface area (Å²) in [5.74, 6) is -0.131. The van der Waals surface area contributed by atoms with Gasteiger partial charge in [-0.05, 0) is 59.0 Å². The minimum atomic E-state index is -0.131. The average molecular weight is 389 g/mol. The quantitative estimate of drug-likeness (QED) is 0.694. The summed E-state index contributed by atoms with van der Waals surface area (Å²) in [7, 11) is 0. The van der Waals surface area contributed by atoms with Crippen LogP contribution >= 0.6 is 22.6 Å². The van der Waals surface area contributed by atoms with E-state index in [2.05, 4.69) is 33.0 Å². The van der Waals surface area contributed by atoms with E-state index in [-0.39, 0.29) is 5.91 Å². The Kier molecular flexibility index (Phi) is 4.01. The molecule has 5 heteroatoms. The van der Waals surface area contributed by atoms with Crippen molar-refractivity contribution in [2.75, 3.05) is 5.32 Å². The second-order valence-corrected chi connectivity index (χ2v) is 5.68. The van der Waals surface area contributed by atoms with Gasteiger partial charge < -0.3 is 5.32 Å². The zero-order chi connectivity index (χ0) is 14.7. The fourth-order valence-corrected chi connectivity index (χ4v) is 2.56. The highest BCUT2D eigenvalue weighted by atomic mass is 127. The fraction of sp³-hybridized carbons (Fsp3) is 0. The molecule has 0 bridgehead atoms. The third kappa shape index (κ3) is 3.13. The molecule has 0 atom stereocenters. The Labute approximate surface area is 135 Å². The monoisotopic (exact) mass is 389 g/mol. The molecule has 0 fully saturated rings. The van der Waals surface area contributed by atoms with Crippen LogP contribution in [0, 0.1) is 3.57 Å². The SMILES string of the molecule is O=C(Nc1ccccc1-n1cccn1)c1cccc(I)c1. The molecule has 1 aromatic heterocycles. The summed E-state index contributed by atoms with van der Waals surface area (Å²) in [6, 6.07) is 16.9. The molecule has 104 valence electrons. The van der Waals surface area contributed by atoms with Gasteiger partial charge in [-0.25, -0.2) is 4.68 Å². The van der Waals surface area contributed by atoms with Crippen LogP contribution in [0.25, 0.3) is 5.69 Å². The molecule has 3 aromatic rings. The highest BCUT2D eigenvalue weighted by Gasteiger charge is 2.10. The minimum Gasteiger partial charge on any atom is -0.320 e. The smallest absolute Gasteiger partial charge is 0.255 e. The molecular formula is C16H12IN3O. The van der Waals surface area contributed by atoms with Gasteiger partial charge in [0.1, 0.15) is 0 Å². The van der Waals surface area contributed by atoms with Crippen LogP contribution in [0.1, 0.15) is 10.4 Å². The first kappa shape index (κ1) is 13.8. The van der Waals surface area contributed by atoms with Gasteiger partial charge in [-0.3, -0.25) is 4.79 Å². The first-order valence-electron chi connectivity index (χ1n) is 6.40. The number of halogens is 1. The van der Waals surface area contributed by atoms with Gasteiger partial charge in [0, 0.05) is 21.5 Å². The van der Waals surface area contributed by atoms with Crippen molar-refractivity contribution in [1.82, 2.24) is 9.78 Å². The molecule has 0 aliphatic carbocycles. The van der Waals surface area contributed by atoms with E-state index < -0.39 is 0 Å². The molecule has 0 aliphatic rings. The molecule has 1 N–H and O–H groups in total. The number of hydrogen-bond donors (Lipinski definition) is 1. The second kappa shape index (κ2) is 6.09. The van der Waals surface area contributed by atoms with Crippen LogP contribution in [0.15, 0.2) is 67.0 Å². The zero-order valence-corrected chi connectivity index (χ0v) is 13.2. The maximum absolute atomic E-state index is 12.3. The van der Waals surface area contributed by atoms with Crippen molar-refractivity contribution in [3.8, 4) is 5.69 Å². The van der Waals surface area contributed by atoms with Gasteiger partial charge in [-0.1, -0.05) is 18.2 Å². The van der Waals surface area contributed by atoms with Gasteiger partial charge >= 0.3 is 0 Å². The van der Waals surface area contributed by atoms with Crippen molar-refractivity contribution in [2.24, 2.45) is 0 Å². The molecule has 0 unspecified atom stereocenters. The van der Waals surface area contributed by atoms with E-state index in [0.29, 0.717) is 5.56 Å². The van der Waals surface area contributed by atoms with Gasteiger partial charge in [0.15, 0.2) is 0 Å². The topological polar surface area (TPSA) is 46.9 Å².